The second kappa shape index (κ2) is 11.1. The third kappa shape index (κ3) is 6.67. The van der Waals surface area contributed by atoms with E-state index in [1.54, 1.807) is 0 Å². The summed E-state index contributed by atoms with van der Waals surface area (Å²) >= 11 is 0. The van der Waals surface area contributed by atoms with Crippen LogP contribution >= 0.6 is 0 Å². The molecule has 0 saturated carbocycles. The van der Waals surface area contributed by atoms with Crippen LogP contribution in [0.1, 0.15) is 6.92 Å². The minimum atomic E-state index is -1.21. The second-order valence-corrected chi connectivity index (χ2v) is 5.87. The fourth-order valence-corrected chi connectivity index (χ4v) is 2.10. The summed E-state index contributed by atoms with van der Waals surface area (Å²) in [5.41, 5.74) is 0.639. The van der Waals surface area contributed by atoms with Gasteiger partial charge in [-0.05, 0) is 36.8 Å². The maximum atomic E-state index is 14.5. The molecule has 2 aromatic rings. The molecule has 0 unspecified atom stereocenters. The van der Waals surface area contributed by atoms with Gasteiger partial charge in [0, 0.05) is 17.2 Å². The standard InChI is InChI=1S/C23H18F2O6/c1-4-20(26)30-13-12-29-19-10-9-18(21(24)22(19)25)16-5-7-17(8-6-16)28-11-14-31-23(27)15(2)3/h4-14H,1-2H2,3H3/b13-12-,14-11-. The largest absolute Gasteiger partial charge is 0.462 e. The first-order chi connectivity index (χ1) is 14.8. The molecule has 31 heavy (non-hydrogen) atoms. The molecule has 0 atom stereocenters. The van der Waals surface area contributed by atoms with Crippen molar-refractivity contribution in [2.24, 2.45) is 0 Å². The molecule has 8 heteroatoms. The molecule has 0 fully saturated rings. The van der Waals surface area contributed by atoms with Crippen molar-refractivity contribution in [3.8, 4) is 22.6 Å². The average Bonchev–Trinajstić information content (AvgIpc) is 2.77. The number of rotatable bonds is 9. The van der Waals surface area contributed by atoms with Crippen LogP contribution in [-0.4, -0.2) is 11.9 Å². The van der Waals surface area contributed by atoms with Crippen LogP contribution in [0.4, 0.5) is 8.78 Å². The number of hydrogen-bond donors (Lipinski definition) is 0. The van der Waals surface area contributed by atoms with Gasteiger partial charge < -0.3 is 18.9 Å². The minimum absolute atomic E-state index is 0.00407. The normalized spacial score (nSPS) is 10.7. The molecule has 6 nitrogen and oxygen atoms in total. The van der Waals surface area contributed by atoms with Gasteiger partial charge in [0.2, 0.25) is 5.82 Å². The summed E-state index contributed by atoms with van der Waals surface area (Å²) in [7, 11) is 0. The molecule has 0 aliphatic carbocycles. The van der Waals surface area contributed by atoms with Crippen molar-refractivity contribution >= 4 is 11.9 Å². The van der Waals surface area contributed by atoms with Crippen LogP contribution in [0.15, 0.2) is 86.3 Å². The molecule has 0 aromatic heterocycles. The Morgan fingerprint density at radius 1 is 0.871 bits per heavy atom. The molecule has 160 valence electrons. The predicted octanol–water partition coefficient (Wildman–Crippen LogP) is 5.18. The molecule has 2 rings (SSSR count). The molecule has 0 N–H and O–H groups in total. The predicted molar refractivity (Wildman–Crippen MR) is 109 cm³/mol. The molecule has 0 amide bonds. The highest BCUT2D eigenvalue weighted by molar-refractivity contribution is 5.87. The van der Waals surface area contributed by atoms with Crippen LogP contribution in [0.2, 0.25) is 0 Å². The Hall–Kier alpha value is -4.20. The van der Waals surface area contributed by atoms with Gasteiger partial charge in [0.05, 0.1) is 0 Å². The SMILES string of the molecule is C=CC(=O)O/C=C\Oc1ccc(-c2ccc(O/C=C\OC(=O)C(=C)C)cc2)c(F)c1F. The van der Waals surface area contributed by atoms with E-state index < -0.39 is 23.6 Å². The van der Waals surface area contributed by atoms with Crippen molar-refractivity contribution in [2.75, 3.05) is 0 Å². The van der Waals surface area contributed by atoms with Gasteiger partial charge in [-0.15, -0.1) is 0 Å². The van der Waals surface area contributed by atoms with Crippen molar-refractivity contribution in [1.82, 2.24) is 0 Å². The molecule has 2 aromatic carbocycles. The smallest absolute Gasteiger partial charge is 0.338 e. The highest BCUT2D eigenvalue weighted by Gasteiger charge is 2.15. The van der Waals surface area contributed by atoms with E-state index in [2.05, 4.69) is 17.9 Å². The number of carbonyl (C=O) groups is 2. The van der Waals surface area contributed by atoms with Gasteiger partial charge in [-0.25, -0.2) is 14.0 Å². The van der Waals surface area contributed by atoms with Crippen LogP contribution < -0.4 is 9.47 Å². The number of esters is 2. The van der Waals surface area contributed by atoms with Crippen LogP contribution in [0.25, 0.3) is 11.1 Å². The second-order valence-electron chi connectivity index (χ2n) is 5.87. The Morgan fingerprint density at radius 2 is 1.52 bits per heavy atom. The van der Waals surface area contributed by atoms with E-state index in [4.69, 9.17) is 14.2 Å². The first kappa shape index (κ1) is 23.1. The van der Waals surface area contributed by atoms with Gasteiger partial charge in [-0.2, -0.15) is 4.39 Å². The van der Waals surface area contributed by atoms with Crippen molar-refractivity contribution in [3.63, 3.8) is 0 Å². The Labute approximate surface area is 177 Å². The van der Waals surface area contributed by atoms with E-state index in [9.17, 15) is 18.4 Å². The zero-order chi connectivity index (χ0) is 22.8. The Kier molecular flexibility index (Phi) is 8.27. The number of hydrogen-bond acceptors (Lipinski definition) is 6. The summed E-state index contributed by atoms with van der Waals surface area (Å²) in [5, 5.41) is 0. The van der Waals surface area contributed by atoms with E-state index in [0.717, 1.165) is 31.1 Å². The lowest BCUT2D eigenvalue weighted by molar-refractivity contribution is -0.134. The third-order valence-electron chi connectivity index (χ3n) is 3.60. The van der Waals surface area contributed by atoms with Crippen molar-refractivity contribution in [1.29, 1.82) is 0 Å². The minimum Gasteiger partial charge on any atom is -0.462 e. The first-order valence-corrected chi connectivity index (χ1v) is 8.74. The number of benzene rings is 2. The Morgan fingerprint density at radius 3 is 2.16 bits per heavy atom. The summed E-state index contributed by atoms with van der Waals surface area (Å²) in [6.45, 7) is 8.15. The maximum absolute atomic E-state index is 14.5. The zero-order valence-electron chi connectivity index (χ0n) is 16.5. The Balaban J connectivity index is 2.04. The Bertz CT molecular complexity index is 1040. The fraction of sp³-hybridized carbons (Fsp3) is 0.0435. The van der Waals surface area contributed by atoms with Gasteiger partial charge >= 0.3 is 11.9 Å². The molecule has 0 radical (unpaired) electrons. The maximum Gasteiger partial charge on any atom is 0.338 e. The molecule has 0 spiro atoms. The number of halogens is 2. The molecule has 0 aliphatic heterocycles. The highest BCUT2D eigenvalue weighted by Crippen LogP contribution is 2.31. The summed E-state index contributed by atoms with van der Waals surface area (Å²) in [4.78, 5) is 22.1. The summed E-state index contributed by atoms with van der Waals surface area (Å²) < 4.78 is 48.2. The molecule has 0 saturated heterocycles. The number of carbonyl (C=O) groups excluding carboxylic acids is 2. The zero-order valence-corrected chi connectivity index (χ0v) is 16.5. The topological polar surface area (TPSA) is 71.1 Å². The van der Waals surface area contributed by atoms with Gasteiger partial charge in [-0.1, -0.05) is 25.3 Å². The lowest BCUT2D eigenvalue weighted by Gasteiger charge is -2.09. The van der Waals surface area contributed by atoms with E-state index >= 15 is 0 Å². The quantitative estimate of drug-likeness (QED) is 0.311. The highest BCUT2D eigenvalue weighted by atomic mass is 19.2. The molecular weight excluding hydrogens is 410 g/mol. The van der Waals surface area contributed by atoms with Crippen LogP contribution in [0.5, 0.6) is 11.5 Å². The van der Waals surface area contributed by atoms with E-state index in [1.165, 1.54) is 43.3 Å². The van der Waals surface area contributed by atoms with Crippen LogP contribution in [0, 0.1) is 11.6 Å². The van der Waals surface area contributed by atoms with Crippen molar-refractivity contribution in [3.05, 3.63) is 97.9 Å². The van der Waals surface area contributed by atoms with Gasteiger partial charge in [0.25, 0.3) is 0 Å². The van der Waals surface area contributed by atoms with Gasteiger partial charge in [-0.3, -0.25) is 0 Å². The fourth-order valence-electron chi connectivity index (χ4n) is 2.10. The lowest BCUT2D eigenvalue weighted by Crippen LogP contribution is -1.99. The van der Waals surface area contributed by atoms with Crippen LogP contribution in [0.3, 0.4) is 0 Å². The number of ether oxygens (including phenoxy) is 4. The van der Waals surface area contributed by atoms with Crippen molar-refractivity contribution < 1.29 is 37.3 Å². The molecule has 0 aliphatic rings. The van der Waals surface area contributed by atoms with Crippen molar-refractivity contribution in [2.45, 2.75) is 6.92 Å². The molecule has 0 heterocycles. The van der Waals surface area contributed by atoms with E-state index in [1.807, 2.05) is 0 Å². The lowest BCUT2D eigenvalue weighted by atomic mass is 10.0. The summed E-state index contributed by atoms with van der Waals surface area (Å²) in [5.74, 6) is -3.65. The first-order valence-electron chi connectivity index (χ1n) is 8.74. The monoisotopic (exact) mass is 428 g/mol. The van der Waals surface area contributed by atoms with E-state index in [-0.39, 0.29) is 16.9 Å². The van der Waals surface area contributed by atoms with Gasteiger partial charge in [0.1, 0.15) is 30.8 Å². The average molecular weight is 428 g/mol. The van der Waals surface area contributed by atoms with Gasteiger partial charge in [0.15, 0.2) is 11.6 Å². The van der Waals surface area contributed by atoms with Crippen LogP contribution in [-0.2, 0) is 19.1 Å². The van der Waals surface area contributed by atoms with E-state index in [0.29, 0.717) is 11.3 Å². The summed E-state index contributed by atoms with van der Waals surface area (Å²) in [6, 6.07) is 8.67. The molecular formula is C23H18F2O6. The third-order valence-corrected chi connectivity index (χ3v) is 3.60. The molecule has 0 bridgehead atoms. The summed E-state index contributed by atoms with van der Waals surface area (Å²) in [6.07, 6.45) is 4.92.